The molecule has 26 heavy (non-hydrogen) atoms. The third kappa shape index (κ3) is 4.69. The molecule has 1 amide bonds. The Balaban J connectivity index is 1.44. The molecule has 2 aromatic rings. The van der Waals surface area contributed by atoms with Crippen LogP contribution in [0.3, 0.4) is 0 Å². The van der Waals surface area contributed by atoms with Crippen molar-refractivity contribution >= 4 is 17.6 Å². The highest BCUT2D eigenvalue weighted by molar-refractivity contribution is 5.93. The van der Waals surface area contributed by atoms with Crippen LogP contribution in [0.5, 0.6) is 11.5 Å². The van der Waals surface area contributed by atoms with Gasteiger partial charge in [-0.05, 0) is 24.1 Å². The Bertz CT molecular complexity index is 810. The predicted octanol–water partition coefficient (Wildman–Crippen LogP) is 3.12. The van der Waals surface area contributed by atoms with Crippen molar-refractivity contribution < 1.29 is 32.6 Å². The zero-order chi connectivity index (χ0) is 18.6. The number of halogens is 2. The summed E-state index contributed by atoms with van der Waals surface area (Å²) in [6, 6.07) is 13.2. The van der Waals surface area contributed by atoms with E-state index in [0.717, 1.165) is 5.56 Å². The molecule has 6 nitrogen and oxygen atoms in total. The van der Waals surface area contributed by atoms with Crippen molar-refractivity contribution in [2.45, 2.75) is 19.1 Å². The highest BCUT2D eigenvalue weighted by Crippen LogP contribution is 2.42. The summed E-state index contributed by atoms with van der Waals surface area (Å²) in [5.41, 5.74) is 1.21. The maximum absolute atomic E-state index is 12.9. The van der Waals surface area contributed by atoms with E-state index < -0.39 is 24.8 Å². The van der Waals surface area contributed by atoms with Crippen LogP contribution in [0.25, 0.3) is 0 Å². The second-order valence-corrected chi connectivity index (χ2v) is 5.52. The van der Waals surface area contributed by atoms with E-state index in [9.17, 15) is 18.4 Å². The molecule has 8 heteroatoms. The molecule has 1 N–H and O–H groups in total. The fourth-order valence-corrected chi connectivity index (χ4v) is 2.33. The van der Waals surface area contributed by atoms with Crippen molar-refractivity contribution in [1.29, 1.82) is 0 Å². The first-order chi connectivity index (χ1) is 12.4. The minimum Gasteiger partial charge on any atom is -0.456 e. The highest BCUT2D eigenvalue weighted by atomic mass is 19.3. The van der Waals surface area contributed by atoms with Gasteiger partial charge in [-0.15, -0.1) is 8.78 Å². The van der Waals surface area contributed by atoms with Crippen LogP contribution in [0.15, 0.2) is 48.5 Å². The first-order valence-electron chi connectivity index (χ1n) is 7.80. The molecule has 1 aliphatic heterocycles. The Hall–Kier alpha value is -3.16. The minimum absolute atomic E-state index is 0.125. The summed E-state index contributed by atoms with van der Waals surface area (Å²) in [5, 5.41) is 2.43. The van der Waals surface area contributed by atoms with Crippen molar-refractivity contribution in [2.24, 2.45) is 0 Å². The molecule has 0 aliphatic carbocycles. The maximum Gasteiger partial charge on any atom is 0.586 e. The average molecular weight is 363 g/mol. The van der Waals surface area contributed by atoms with Crippen molar-refractivity contribution in [3.8, 4) is 11.5 Å². The van der Waals surface area contributed by atoms with Gasteiger partial charge in [0.2, 0.25) is 0 Å². The Morgan fingerprint density at radius 1 is 1.04 bits per heavy atom. The lowest BCUT2D eigenvalue weighted by molar-refractivity contribution is -0.286. The van der Waals surface area contributed by atoms with Crippen molar-refractivity contribution in [1.82, 2.24) is 0 Å². The van der Waals surface area contributed by atoms with Crippen LogP contribution in [0.2, 0.25) is 0 Å². The number of esters is 1. The summed E-state index contributed by atoms with van der Waals surface area (Å²) in [4.78, 5) is 23.5. The maximum atomic E-state index is 12.9. The van der Waals surface area contributed by atoms with E-state index in [4.69, 9.17) is 4.74 Å². The number of nitrogens with one attached hydrogen (secondary N) is 1. The Morgan fingerprint density at radius 2 is 1.77 bits per heavy atom. The van der Waals surface area contributed by atoms with Crippen LogP contribution in [0.1, 0.15) is 12.0 Å². The number of anilines is 1. The predicted molar refractivity (Wildman–Crippen MR) is 87.0 cm³/mol. The van der Waals surface area contributed by atoms with Crippen molar-refractivity contribution in [3.05, 3.63) is 54.1 Å². The van der Waals surface area contributed by atoms with Crippen LogP contribution in [0.4, 0.5) is 14.5 Å². The molecule has 0 spiro atoms. The average Bonchev–Trinajstić information content (AvgIpc) is 2.92. The smallest absolute Gasteiger partial charge is 0.456 e. The zero-order valence-electron chi connectivity index (χ0n) is 13.5. The summed E-state index contributed by atoms with van der Waals surface area (Å²) in [6.07, 6.45) is -3.06. The first kappa shape index (κ1) is 17.7. The zero-order valence-corrected chi connectivity index (χ0v) is 13.5. The standard InChI is InChI=1S/C18H15F2NO5/c19-18(20)25-14-8-7-13(10-15(14)26-18)21-16(22)11-24-17(23)9-6-12-4-2-1-3-5-12/h1-5,7-8,10H,6,9,11H2,(H,21,22). The summed E-state index contributed by atoms with van der Waals surface area (Å²) >= 11 is 0. The third-order valence-corrected chi connectivity index (χ3v) is 3.51. The Labute approximate surface area is 147 Å². The monoisotopic (exact) mass is 363 g/mol. The molecule has 0 fully saturated rings. The van der Waals surface area contributed by atoms with Crippen molar-refractivity contribution in [3.63, 3.8) is 0 Å². The van der Waals surface area contributed by atoms with Gasteiger partial charge in [0.25, 0.3) is 5.91 Å². The van der Waals surface area contributed by atoms with E-state index in [2.05, 4.69) is 14.8 Å². The fraction of sp³-hybridized carbons (Fsp3) is 0.222. The lowest BCUT2D eigenvalue weighted by atomic mass is 10.1. The van der Waals surface area contributed by atoms with E-state index >= 15 is 0 Å². The molecule has 0 radical (unpaired) electrons. The van der Waals surface area contributed by atoms with E-state index in [1.54, 1.807) is 0 Å². The second-order valence-electron chi connectivity index (χ2n) is 5.52. The minimum atomic E-state index is -3.72. The third-order valence-electron chi connectivity index (χ3n) is 3.51. The number of amides is 1. The molecule has 0 aromatic heterocycles. The molecule has 0 unspecified atom stereocenters. The molecule has 1 aliphatic rings. The number of carbonyl (C=O) groups is 2. The topological polar surface area (TPSA) is 73.9 Å². The van der Waals surface area contributed by atoms with Crippen LogP contribution in [-0.4, -0.2) is 24.8 Å². The Morgan fingerprint density at radius 3 is 2.54 bits per heavy atom. The number of alkyl halides is 2. The molecule has 2 aromatic carbocycles. The van der Waals surface area contributed by atoms with Crippen LogP contribution in [-0.2, 0) is 20.7 Å². The number of carbonyl (C=O) groups excluding carboxylic acids is 2. The van der Waals surface area contributed by atoms with Crippen LogP contribution >= 0.6 is 0 Å². The number of benzene rings is 2. The van der Waals surface area contributed by atoms with Crippen LogP contribution in [0, 0.1) is 0 Å². The molecule has 1 heterocycles. The van der Waals surface area contributed by atoms with Gasteiger partial charge in [0.1, 0.15) is 0 Å². The molecule has 3 rings (SSSR count). The van der Waals surface area contributed by atoms with Gasteiger partial charge in [-0.2, -0.15) is 0 Å². The molecule has 0 saturated heterocycles. The molecule has 136 valence electrons. The van der Waals surface area contributed by atoms with Crippen LogP contribution < -0.4 is 14.8 Å². The Kier molecular flexibility index (Phi) is 5.01. The van der Waals surface area contributed by atoms with Gasteiger partial charge in [0.15, 0.2) is 18.1 Å². The number of fused-ring (bicyclic) bond motifs is 1. The van der Waals surface area contributed by atoms with E-state index in [-0.39, 0.29) is 23.6 Å². The second kappa shape index (κ2) is 7.38. The fourth-order valence-electron chi connectivity index (χ4n) is 2.33. The summed E-state index contributed by atoms with van der Waals surface area (Å²) in [6.45, 7) is -0.474. The van der Waals surface area contributed by atoms with E-state index in [1.807, 2.05) is 30.3 Å². The number of hydrogen-bond donors (Lipinski definition) is 1. The molecular formula is C18H15F2NO5. The van der Waals surface area contributed by atoms with Gasteiger partial charge in [-0.1, -0.05) is 30.3 Å². The van der Waals surface area contributed by atoms with Gasteiger partial charge in [-0.25, -0.2) is 0 Å². The van der Waals surface area contributed by atoms with Crippen molar-refractivity contribution in [2.75, 3.05) is 11.9 Å². The van der Waals surface area contributed by atoms with Gasteiger partial charge < -0.3 is 19.5 Å². The number of ether oxygens (including phenoxy) is 3. The van der Waals surface area contributed by atoms with Gasteiger partial charge in [0, 0.05) is 18.2 Å². The normalized spacial score (nSPS) is 13.9. The molecule has 0 saturated carbocycles. The first-order valence-corrected chi connectivity index (χ1v) is 7.80. The largest absolute Gasteiger partial charge is 0.586 e. The SMILES string of the molecule is O=C(COC(=O)CCc1ccccc1)Nc1ccc2c(c1)OC(F)(F)O2. The van der Waals surface area contributed by atoms with Gasteiger partial charge in [0.05, 0.1) is 0 Å². The number of rotatable bonds is 6. The molecular weight excluding hydrogens is 348 g/mol. The lowest BCUT2D eigenvalue weighted by Gasteiger charge is -2.07. The van der Waals surface area contributed by atoms with Gasteiger partial charge >= 0.3 is 12.3 Å². The highest BCUT2D eigenvalue weighted by Gasteiger charge is 2.43. The summed E-state index contributed by atoms with van der Waals surface area (Å²) in [5.74, 6) is -1.41. The lowest BCUT2D eigenvalue weighted by Crippen LogP contribution is -2.25. The number of hydrogen-bond acceptors (Lipinski definition) is 5. The van der Waals surface area contributed by atoms with Gasteiger partial charge in [-0.3, -0.25) is 9.59 Å². The molecule has 0 bridgehead atoms. The summed E-state index contributed by atoms with van der Waals surface area (Å²) < 4.78 is 39.3. The number of aryl methyl sites for hydroxylation is 1. The summed E-state index contributed by atoms with van der Waals surface area (Å²) in [7, 11) is 0. The van der Waals surface area contributed by atoms with E-state index in [1.165, 1.54) is 18.2 Å². The quantitative estimate of drug-likeness (QED) is 0.799. The van der Waals surface area contributed by atoms with E-state index in [0.29, 0.717) is 6.42 Å². The molecule has 0 atom stereocenters.